The normalized spacial score (nSPS) is 16.5. The molecule has 2 aromatic heterocycles. The van der Waals surface area contributed by atoms with E-state index in [2.05, 4.69) is 36.2 Å². The van der Waals surface area contributed by atoms with Crippen molar-refractivity contribution in [1.29, 1.82) is 0 Å². The van der Waals surface area contributed by atoms with Crippen molar-refractivity contribution >= 4 is 29.0 Å². The number of anilines is 3. The average molecular weight is 428 g/mol. The van der Waals surface area contributed by atoms with Gasteiger partial charge in [-0.25, -0.2) is 4.98 Å². The van der Waals surface area contributed by atoms with Crippen molar-refractivity contribution in [2.75, 3.05) is 24.7 Å². The highest BCUT2D eigenvalue weighted by Crippen LogP contribution is 2.37. The fourth-order valence-electron chi connectivity index (χ4n) is 2.86. The summed E-state index contributed by atoms with van der Waals surface area (Å²) in [4.78, 5) is 28.6. The number of carbonyl (C=O) groups is 2. The van der Waals surface area contributed by atoms with E-state index in [1.54, 1.807) is 0 Å². The molecule has 1 aromatic carbocycles. The largest absolute Gasteiger partial charge is 0.494 e. The maximum Gasteiger partial charge on any atom is 0.273 e. The SMILES string of the molecule is [2H]C([2H])([2H])Oc1c(Nc2cc(NC(=O)C3CC3)nnc2C(=O)NC)cccc1-c1ncn(C([2H])([2H])[2H])n1. The number of nitrogens with zero attached hydrogens (tertiary/aromatic N) is 5. The number of aryl methyl sites for hydroxylation is 1. The van der Waals surface area contributed by atoms with Crippen LogP contribution in [0.5, 0.6) is 5.75 Å². The van der Waals surface area contributed by atoms with E-state index in [0.717, 1.165) is 19.2 Å². The molecule has 0 radical (unpaired) electrons. The Hall–Kier alpha value is -4.02. The van der Waals surface area contributed by atoms with E-state index in [1.807, 2.05) is 0 Å². The highest BCUT2D eigenvalue weighted by Gasteiger charge is 2.30. The molecular weight excluding hydrogens is 400 g/mol. The summed E-state index contributed by atoms with van der Waals surface area (Å²) in [5.41, 5.74) is 0.113. The number of aromatic nitrogens is 5. The summed E-state index contributed by atoms with van der Waals surface area (Å²) < 4.78 is 51.3. The van der Waals surface area contributed by atoms with Gasteiger partial charge in [-0.2, -0.15) is 5.10 Å². The van der Waals surface area contributed by atoms with E-state index >= 15 is 0 Å². The minimum Gasteiger partial charge on any atom is -0.494 e. The Labute approximate surface area is 186 Å². The number of benzene rings is 1. The van der Waals surface area contributed by atoms with Crippen molar-refractivity contribution in [1.82, 2.24) is 30.3 Å². The lowest BCUT2D eigenvalue weighted by molar-refractivity contribution is -0.117. The fourth-order valence-corrected chi connectivity index (χ4v) is 2.86. The molecule has 0 spiro atoms. The zero-order valence-electron chi connectivity index (χ0n) is 22.3. The van der Waals surface area contributed by atoms with Gasteiger partial charge in [0, 0.05) is 30.1 Å². The molecule has 0 bridgehead atoms. The lowest BCUT2D eigenvalue weighted by Gasteiger charge is -2.16. The predicted octanol–water partition coefficient (Wildman–Crippen LogP) is 1.73. The number of amides is 2. The zero-order valence-corrected chi connectivity index (χ0v) is 16.3. The van der Waals surface area contributed by atoms with Crippen molar-refractivity contribution in [2.24, 2.45) is 12.9 Å². The van der Waals surface area contributed by atoms with Gasteiger partial charge in [-0.1, -0.05) is 6.07 Å². The molecule has 11 nitrogen and oxygen atoms in total. The van der Waals surface area contributed by atoms with Crippen LogP contribution in [-0.4, -0.2) is 50.9 Å². The van der Waals surface area contributed by atoms with Crippen LogP contribution in [0.25, 0.3) is 11.4 Å². The fraction of sp³-hybridized carbons (Fsp3) is 0.300. The second-order valence-electron chi connectivity index (χ2n) is 6.76. The lowest BCUT2D eigenvalue weighted by atomic mass is 10.1. The molecule has 4 rings (SSSR count). The second kappa shape index (κ2) is 8.38. The lowest BCUT2D eigenvalue weighted by Crippen LogP contribution is -2.22. The van der Waals surface area contributed by atoms with Crippen molar-refractivity contribution in [3.05, 3.63) is 36.3 Å². The molecule has 2 heterocycles. The van der Waals surface area contributed by atoms with Crippen molar-refractivity contribution < 1.29 is 22.6 Å². The first-order chi connectivity index (χ1) is 17.4. The van der Waals surface area contributed by atoms with Crippen LogP contribution < -0.4 is 20.7 Å². The van der Waals surface area contributed by atoms with Crippen LogP contribution in [0.1, 0.15) is 31.6 Å². The van der Waals surface area contributed by atoms with Crippen LogP contribution in [0.15, 0.2) is 30.6 Å². The first-order valence-electron chi connectivity index (χ1n) is 12.3. The molecule has 1 saturated carbocycles. The van der Waals surface area contributed by atoms with Crippen LogP contribution >= 0.6 is 0 Å². The van der Waals surface area contributed by atoms with Crippen LogP contribution in [0.2, 0.25) is 0 Å². The highest BCUT2D eigenvalue weighted by atomic mass is 16.5. The monoisotopic (exact) mass is 428 g/mol. The first kappa shape index (κ1) is 14.1. The van der Waals surface area contributed by atoms with Gasteiger partial charge in [-0.3, -0.25) is 14.3 Å². The van der Waals surface area contributed by atoms with E-state index < -0.39 is 19.9 Å². The third kappa shape index (κ3) is 4.29. The van der Waals surface area contributed by atoms with Crippen LogP contribution in [0.4, 0.5) is 17.2 Å². The van der Waals surface area contributed by atoms with E-state index in [-0.39, 0.29) is 51.8 Å². The molecule has 3 aromatic rings. The molecule has 1 fully saturated rings. The van der Waals surface area contributed by atoms with Gasteiger partial charge in [0.1, 0.15) is 6.33 Å². The smallest absolute Gasteiger partial charge is 0.273 e. The third-order valence-electron chi connectivity index (χ3n) is 4.55. The summed E-state index contributed by atoms with van der Waals surface area (Å²) in [6.45, 7) is -2.60. The Morgan fingerprint density at radius 3 is 2.84 bits per heavy atom. The highest BCUT2D eigenvalue weighted by molar-refractivity contribution is 6.00. The van der Waals surface area contributed by atoms with Crippen LogP contribution in [-0.2, 0) is 11.8 Å². The molecule has 0 unspecified atom stereocenters. The number of hydrogen-bond acceptors (Lipinski definition) is 8. The van der Waals surface area contributed by atoms with Crippen LogP contribution in [0, 0.1) is 5.92 Å². The number of carbonyl (C=O) groups excluding carboxylic acids is 2. The van der Waals surface area contributed by atoms with Gasteiger partial charge >= 0.3 is 0 Å². The third-order valence-corrected chi connectivity index (χ3v) is 4.55. The minimum atomic E-state index is -2.90. The second-order valence-corrected chi connectivity index (χ2v) is 6.76. The summed E-state index contributed by atoms with van der Waals surface area (Å²) in [5.74, 6) is -1.17. The maximum absolute atomic E-state index is 12.4. The van der Waals surface area contributed by atoms with Gasteiger partial charge in [0.2, 0.25) is 5.91 Å². The zero-order chi connectivity index (χ0) is 27.0. The number of methoxy groups -OCH3 is 1. The maximum atomic E-state index is 12.4. The Morgan fingerprint density at radius 2 is 2.13 bits per heavy atom. The van der Waals surface area contributed by atoms with E-state index in [1.165, 1.54) is 31.3 Å². The summed E-state index contributed by atoms with van der Waals surface area (Å²) in [7, 11) is -1.50. The molecular formula is C20H22N8O3. The van der Waals surface area contributed by atoms with Crippen molar-refractivity contribution in [3.63, 3.8) is 0 Å². The molecule has 0 aliphatic heterocycles. The molecule has 160 valence electrons. The summed E-state index contributed by atoms with van der Waals surface area (Å²) in [5, 5.41) is 19.7. The number of rotatable bonds is 7. The topological polar surface area (TPSA) is 136 Å². The molecule has 3 N–H and O–H groups in total. The van der Waals surface area contributed by atoms with Gasteiger partial charge in [0.15, 0.2) is 23.1 Å². The number of ether oxygens (including phenoxy) is 1. The predicted molar refractivity (Wildman–Crippen MR) is 113 cm³/mol. The Balaban J connectivity index is 1.78. The van der Waals surface area contributed by atoms with Crippen molar-refractivity contribution in [3.8, 4) is 17.1 Å². The molecule has 1 aliphatic rings. The molecule has 0 saturated heterocycles. The summed E-state index contributed by atoms with van der Waals surface area (Å²) in [6, 6.07) is 5.84. The molecule has 11 heteroatoms. The van der Waals surface area contributed by atoms with E-state index in [9.17, 15) is 9.59 Å². The number of para-hydroxylation sites is 1. The standard InChI is InChI=1S/C20H22N8O3/c1-21-20(30)16-14(9-15(25-26-16)24-19(29)11-7-8-11)23-13-6-4-5-12(17(13)31-3)18-22-10-28(2)27-18/h4-6,9-11H,7-8H2,1-3H3,(H,21,30)(H2,23,24,25,29)/i2D3,3D3. The number of hydrogen-bond donors (Lipinski definition) is 3. The summed E-state index contributed by atoms with van der Waals surface area (Å²) >= 11 is 0. The van der Waals surface area contributed by atoms with Gasteiger partial charge in [-0.15, -0.1) is 10.2 Å². The Bertz CT molecular complexity index is 1340. The van der Waals surface area contributed by atoms with Gasteiger partial charge in [0.25, 0.3) is 5.91 Å². The minimum absolute atomic E-state index is 0.0786. The van der Waals surface area contributed by atoms with Crippen molar-refractivity contribution in [2.45, 2.75) is 12.8 Å². The molecule has 0 atom stereocenters. The van der Waals surface area contributed by atoms with E-state index in [0.29, 0.717) is 4.68 Å². The molecule has 31 heavy (non-hydrogen) atoms. The quantitative estimate of drug-likeness (QED) is 0.518. The van der Waals surface area contributed by atoms with Gasteiger partial charge in [0.05, 0.1) is 28.1 Å². The molecule has 1 aliphatic carbocycles. The van der Waals surface area contributed by atoms with Crippen LogP contribution in [0.3, 0.4) is 0 Å². The number of nitrogens with one attached hydrogen (secondary N) is 3. The van der Waals surface area contributed by atoms with Gasteiger partial charge in [-0.05, 0) is 25.0 Å². The molecule has 2 amide bonds. The Kier molecular flexibility index (Phi) is 3.80. The van der Waals surface area contributed by atoms with E-state index in [4.69, 9.17) is 13.0 Å². The average Bonchev–Trinajstić information content (AvgIpc) is 3.54. The van der Waals surface area contributed by atoms with Gasteiger partial charge < -0.3 is 20.7 Å². The summed E-state index contributed by atoms with van der Waals surface area (Å²) in [6.07, 6.45) is 2.54. The Morgan fingerprint density at radius 1 is 1.26 bits per heavy atom. The first-order valence-corrected chi connectivity index (χ1v) is 9.28.